The summed E-state index contributed by atoms with van der Waals surface area (Å²) in [7, 11) is -1.59. The van der Waals surface area contributed by atoms with Crippen LogP contribution in [0.2, 0.25) is 0 Å². The minimum Gasteiger partial charge on any atom is -0.383 e. The van der Waals surface area contributed by atoms with Crippen LogP contribution in [0.5, 0.6) is 0 Å². The second-order valence-corrected chi connectivity index (χ2v) is 6.07. The van der Waals surface area contributed by atoms with E-state index in [2.05, 4.69) is 10.0 Å². The molecule has 1 saturated heterocycles. The lowest BCUT2D eigenvalue weighted by molar-refractivity contribution is 0.0988. The van der Waals surface area contributed by atoms with E-state index in [9.17, 15) is 8.42 Å². The van der Waals surface area contributed by atoms with E-state index in [4.69, 9.17) is 9.47 Å². The molecule has 1 atom stereocenters. The van der Waals surface area contributed by atoms with E-state index >= 15 is 0 Å². The van der Waals surface area contributed by atoms with Gasteiger partial charge in [0.25, 0.3) is 0 Å². The van der Waals surface area contributed by atoms with Crippen LogP contribution < -0.4 is 10.0 Å². The molecule has 1 heterocycles. The van der Waals surface area contributed by atoms with Crippen LogP contribution in [0.3, 0.4) is 0 Å². The second-order valence-electron chi connectivity index (χ2n) is 4.02. The lowest BCUT2D eigenvalue weighted by atomic mass is 10.2. The number of ether oxygens (including phenoxy) is 2. The Bertz CT molecular complexity index is 289. The molecule has 1 fully saturated rings. The summed E-state index contributed by atoms with van der Waals surface area (Å²) in [6.07, 6.45) is 1.50. The molecule has 1 aliphatic heterocycles. The molecule has 0 aromatic carbocycles. The third kappa shape index (κ3) is 5.78. The van der Waals surface area contributed by atoms with Gasteiger partial charge in [-0.25, -0.2) is 13.1 Å². The fourth-order valence-electron chi connectivity index (χ4n) is 1.65. The van der Waals surface area contributed by atoms with Crippen molar-refractivity contribution >= 4 is 10.0 Å². The monoisotopic (exact) mass is 266 g/mol. The van der Waals surface area contributed by atoms with Gasteiger partial charge in [-0.15, -0.1) is 0 Å². The number of nitrogens with one attached hydrogen (secondary N) is 2. The van der Waals surface area contributed by atoms with Crippen molar-refractivity contribution in [3.8, 4) is 0 Å². The topological polar surface area (TPSA) is 76.7 Å². The third-order valence-electron chi connectivity index (χ3n) is 2.65. The molecule has 1 aliphatic rings. The van der Waals surface area contributed by atoms with Crippen LogP contribution in [0.4, 0.5) is 0 Å². The molecular weight excluding hydrogens is 244 g/mol. The Morgan fingerprint density at radius 3 is 2.82 bits per heavy atom. The van der Waals surface area contributed by atoms with E-state index in [-0.39, 0.29) is 0 Å². The van der Waals surface area contributed by atoms with Crippen molar-refractivity contribution in [2.24, 2.45) is 0 Å². The first-order chi connectivity index (χ1) is 8.17. The van der Waals surface area contributed by atoms with Crippen LogP contribution >= 0.6 is 0 Å². The molecule has 0 bridgehead atoms. The first-order valence-corrected chi connectivity index (χ1v) is 7.47. The highest BCUT2D eigenvalue weighted by atomic mass is 32.2. The summed E-state index contributed by atoms with van der Waals surface area (Å²) in [6, 6.07) is 0. The largest absolute Gasteiger partial charge is 0.383 e. The zero-order valence-corrected chi connectivity index (χ0v) is 11.1. The summed E-state index contributed by atoms with van der Waals surface area (Å²) in [6.45, 7) is 3.35. The normalized spacial score (nSPS) is 21.6. The summed E-state index contributed by atoms with van der Waals surface area (Å²) in [5, 5.41) is 2.69. The third-order valence-corrected chi connectivity index (χ3v) is 4.50. The van der Waals surface area contributed by atoms with Gasteiger partial charge >= 0.3 is 0 Å². The lowest BCUT2D eigenvalue weighted by Crippen LogP contribution is -2.42. The number of hydrogen-bond acceptors (Lipinski definition) is 5. The van der Waals surface area contributed by atoms with E-state index < -0.39 is 15.3 Å². The maximum Gasteiger partial charge on any atom is 0.216 e. The summed E-state index contributed by atoms with van der Waals surface area (Å²) in [5.41, 5.74) is 0. The molecule has 0 aromatic heterocycles. The van der Waals surface area contributed by atoms with E-state index in [0.29, 0.717) is 39.3 Å². The van der Waals surface area contributed by atoms with Crippen LogP contribution in [0.15, 0.2) is 0 Å². The molecular formula is C10H22N2O4S. The molecule has 0 spiro atoms. The summed E-state index contributed by atoms with van der Waals surface area (Å²) < 4.78 is 36.3. The van der Waals surface area contributed by atoms with Crippen LogP contribution in [-0.4, -0.2) is 60.2 Å². The van der Waals surface area contributed by atoms with Crippen molar-refractivity contribution in [1.29, 1.82) is 0 Å². The SMILES string of the molecule is COCCNCCNS(=O)(=O)C1CCCOC1. The smallest absolute Gasteiger partial charge is 0.216 e. The van der Waals surface area contributed by atoms with Crippen molar-refractivity contribution in [2.75, 3.05) is 46.6 Å². The van der Waals surface area contributed by atoms with Gasteiger partial charge in [0.05, 0.1) is 18.5 Å². The Hall–Kier alpha value is -0.210. The number of rotatable bonds is 8. The summed E-state index contributed by atoms with van der Waals surface area (Å²) in [5.74, 6) is 0. The first-order valence-electron chi connectivity index (χ1n) is 5.92. The standard InChI is InChI=1S/C10H22N2O4S/c1-15-8-6-11-4-5-12-17(13,14)10-3-2-7-16-9-10/h10-12H,2-9H2,1H3. The summed E-state index contributed by atoms with van der Waals surface area (Å²) >= 11 is 0. The fourth-order valence-corrected chi connectivity index (χ4v) is 3.03. The number of methoxy groups -OCH3 is 1. The van der Waals surface area contributed by atoms with E-state index in [1.165, 1.54) is 0 Å². The molecule has 0 radical (unpaired) electrons. The van der Waals surface area contributed by atoms with Crippen molar-refractivity contribution in [3.05, 3.63) is 0 Å². The van der Waals surface area contributed by atoms with Crippen molar-refractivity contribution in [2.45, 2.75) is 18.1 Å². The quantitative estimate of drug-likeness (QED) is 0.569. The van der Waals surface area contributed by atoms with E-state index in [1.54, 1.807) is 7.11 Å². The van der Waals surface area contributed by atoms with Crippen LogP contribution in [0, 0.1) is 0 Å². The minimum absolute atomic E-state index is 0.312. The van der Waals surface area contributed by atoms with Gasteiger partial charge in [0, 0.05) is 33.4 Å². The zero-order valence-electron chi connectivity index (χ0n) is 10.3. The summed E-state index contributed by atoms with van der Waals surface area (Å²) in [4.78, 5) is 0. The van der Waals surface area contributed by atoms with Gasteiger partial charge < -0.3 is 14.8 Å². The van der Waals surface area contributed by atoms with Crippen LogP contribution in [0.25, 0.3) is 0 Å². The van der Waals surface area contributed by atoms with Gasteiger partial charge in [-0.1, -0.05) is 0 Å². The molecule has 1 rings (SSSR count). The molecule has 0 aromatic rings. The number of hydrogen-bond donors (Lipinski definition) is 2. The molecule has 7 heteroatoms. The maximum atomic E-state index is 11.8. The first kappa shape index (κ1) is 14.8. The van der Waals surface area contributed by atoms with Gasteiger partial charge in [0.15, 0.2) is 0 Å². The Morgan fingerprint density at radius 2 is 2.18 bits per heavy atom. The second kappa shape index (κ2) is 7.99. The predicted molar refractivity (Wildman–Crippen MR) is 65.5 cm³/mol. The Balaban J connectivity index is 2.15. The highest BCUT2D eigenvalue weighted by molar-refractivity contribution is 7.90. The molecule has 102 valence electrons. The molecule has 0 amide bonds. The van der Waals surface area contributed by atoms with Crippen molar-refractivity contribution in [1.82, 2.24) is 10.0 Å². The highest BCUT2D eigenvalue weighted by Crippen LogP contribution is 2.13. The Labute approximate surface area is 103 Å². The van der Waals surface area contributed by atoms with E-state index in [1.807, 2.05) is 0 Å². The molecule has 1 unspecified atom stereocenters. The average molecular weight is 266 g/mol. The molecule has 0 aliphatic carbocycles. The Morgan fingerprint density at radius 1 is 1.35 bits per heavy atom. The van der Waals surface area contributed by atoms with Gasteiger partial charge in [-0.3, -0.25) is 0 Å². The molecule has 2 N–H and O–H groups in total. The maximum absolute atomic E-state index is 11.8. The predicted octanol–water partition coefficient (Wildman–Crippen LogP) is -0.679. The van der Waals surface area contributed by atoms with Gasteiger partial charge in [-0.05, 0) is 12.8 Å². The van der Waals surface area contributed by atoms with Crippen molar-refractivity contribution < 1.29 is 17.9 Å². The van der Waals surface area contributed by atoms with Gasteiger partial charge in [0.2, 0.25) is 10.0 Å². The minimum atomic E-state index is -3.22. The van der Waals surface area contributed by atoms with Crippen LogP contribution in [0.1, 0.15) is 12.8 Å². The number of sulfonamides is 1. The Kier molecular flexibility index (Phi) is 6.98. The van der Waals surface area contributed by atoms with E-state index in [0.717, 1.165) is 13.0 Å². The lowest BCUT2D eigenvalue weighted by Gasteiger charge is -2.22. The van der Waals surface area contributed by atoms with Crippen LogP contribution in [-0.2, 0) is 19.5 Å². The van der Waals surface area contributed by atoms with Crippen molar-refractivity contribution in [3.63, 3.8) is 0 Å². The zero-order chi connectivity index (χ0) is 12.6. The fraction of sp³-hybridized carbons (Fsp3) is 1.00. The highest BCUT2D eigenvalue weighted by Gasteiger charge is 2.27. The molecule has 6 nitrogen and oxygen atoms in total. The van der Waals surface area contributed by atoms with Gasteiger partial charge in [-0.2, -0.15) is 0 Å². The molecule has 0 saturated carbocycles. The average Bonchev–Trinajstić information content (AvgIpc) is 2.35. The van der Waals surface area contributed by atoms with Gasteiger partial charge in [0.1, 0.15) is 0 Å². The molecule has 17 heavy (non-hydrogen) atoms.